The molecule has 0 heterocycles. The lowest BCUT2D eigenvalue weighted by Crippen LogP contribution is -2.41. The third-order valence-corrected chi connectivity index (χ3v) is 9.45. The van der Waals surface area contributed by atoms with Gasteiger partial charge in [-0.3, -0.25) is 4.79 Å². The molecule has 3 saturated carbocycles. The third kappa shape index (κ3) is 5.39. The first-order chi connectivity index (χ1) is 17.1. The minimum Gasteiger partial charge on any atom is -0.393 e. The highest BCUT2D eigenvalue weighted by Gasteiger charge is 2.51. The van der Waals surface area contributed by atoms with Crippen molar-refractivity contribution in [3.63, 3.8) is 0 Å². The summed E-state index contributed by atoms with van der Waals surface area (Å²) in [5, 5.41) is 31.4. The van der Waals surface area contributed by atoms with E-state index in [1.807, 2.05) is 30.3 Å². The number of anilines is 1. The van der Waals surface area contributed by atoms with E-state index in [0.29, 0.717) is 24.7 Å². The van der Waals surface area contributed by atoms with E-state index in [9.17, 15) is 20.1 Å². The lowest BCUT2D eigenvalue weighted by atomic mass is 9.60. The molecule has 1 aromatic carbocycles. The first-order valence-corrected chi connectivity index (χ1v) is 13.6. The fourth-order valence-electron chi connectivity index (χ4n) is 7.17. The molecule has 3 aliphatic rings. The molecule has 5 heteroatoms. The third-order valence-electron chi connectivity index (χ3n) is 9.45. The lowest BCUT2D eigenvalue weighted by molar-refractivity contribution is -0.121. The summed E-state index contributed by atoms with van der Waals surface area (Å²) in [6.07, 6.45) is 8.92. The Balaban J connectivity index is 1.45. The van der Waals surface area contributed by atoms with Crippen LogP contribution in [0.4, 0.5) is 5.69 Å². The number of carbonyl (C=O) groups is 1. The van der Waals surface area contributed by atoms with Crippen molar-refractivity contribution >= 4 is 11.6 Å². The molecule has 1 aromatic rings. The van der Waals surface area contributed by atoms with Gasteiger partial charge in [-0.25, -0.2) is 0 Å². The number of hydrogen-bond donors (Lipinski definition) is 3. The number of benzene rings is 1. The van der Waals surface area contributed by atoms with Gasteiger partial charge in [-0.15, -0.1) is 0 Å². The van der Waals surface area contributed by atoms with E-state index in [2.05, 4.69) is 32.6 Å². The van der Waals surface area contributed by atoms with Crippen molar-refractivity contribution in [2.75, 3.05) is 11.9 Å². The normalized spacial score (nSPS) is 34.4. The molecule has 3 fully saturated rings. The Bertz CT molecular complexity index is 1010. The van der Waals surface area contributed by atoms with Crippen LogP contribution in [0.5, 0.6) is 0 Å². The van der Waals surface area contributed by atoms with E-state index in [-0.39, 0.29) is 23.7 Å². The van der Waals surface area contributed by atoms with Gasteiger partial charge in [0.1, 0.15) is 0 Å². The molecule has 0 radical (unpaired) electrons. The molecule has 0 aromatic heterocycles. The molecule has 0 bridgehead atoms. The molecule has 0 aliphatic heterocycles. The van der Waals surface area contributed by atoms with Crippen LogP contribution in [0.15, 0.2) is 65.8 Å². The number of carbonyl (C=O) groups excluding carboxylic acids is 1. The van der Waals surface area contributed by atoms with Crippen molar-refractivity contribution in [1.29, 1.82) is 0 Å². The second-order valence-electron chi connectivity index (χ2n) is 11.6. The average molecular weight is 494 g/mol. The fourth-order valence-corrected chi connectivity index (χ4v) is 7.17. The van der Waals surface area contributed by atoms with Gasteiger partial charge in [0.25, 0.3) is 0 Å². The van der Waals surface area contributed by atoms with Crippen LogP contribution in [0, 0.1) is 23.2 Å². The summed E-state index contributed by atoms with van der Waals surface area (Å²) in [6, 6.07) is 9.57. The van der Waals surface area contributed by atoms with Crippen LogP contribution >= 0.6 is 0 Å². The number of hydrogen-bond acceptors (Lipinski definition) is 4. The zero-order valence-electron chi connectivity index (χ0n) is 22.1. The number of rotatable bonds is 6. The largest absolute Gasteiger partial charge is 0.393 e. The zero-order valence-corrected chi connectivity index (χ0v) is 22.1. The van der Waals surface area contributed by atoms with Gasteiger partial charge in [-0.05, 0) is 85.0 Å². The summed E-state index contributed by atoms with van der Waals surface area (Å²) in [7, 11) is 1.77. The van der Waals surface area contributed by atoms with Gasteiger partial charge >= 0.3 is 0 Å². The number of aliphatic hydroxyl groups is 3. The van der Waals surface area contributed by atoms with Crippen LogP contribution < -0.4 is 4.90 Å². The monoisotopic (exact) mass is 493 g/mol. The molecular formula is C31H43NO4. The molecule has 36 heavy (non-hydrogen) atoms. The topological polar surface area (TPSA) is 81.0 Å². The Morgan fingerprint density at radius 2 is 1.94 bits per heavy atom. The lowest BCUT2D eigenvalue weighted by Gasteiger charge is -2.45. The van der Waals surface area contributed by atoms with Gasteiger partial charge < -0.3 is 20.2 Å². The predicted molar refractivity (Wildman–Crippen MR) is 144 cm³/mol. The van der Waals surface area contributed by atoms with E-state index in [4.69, 9.17) is 0 Å². The summed E-state index contributed by atoms with van der Waals surface area (Å²) >= 11 is 0. The van der Waals surface area contributed by atoms with Crippen molar-refractivity contribution in [2.45, 2.75) is 83.5 Å². The van der Waals surface area contributed by atoms with Gasteiger partial charge in [-0.1, -0.05) is 56.4 Å². The Morgan fingerprint density at radius 1 is 1.22 bits per heavy atom. The summed E-state index contributed by atoms with van der Waals surface area (Å²) in [5.74, 6) is 0.788. The number of allylic oxidation sites excluding steroid dienone is 3. The first kappa shape index (κ1) is 26.8. The predicted octanol–water partition coefficient (Wildman–Crippen LogP) is 5.18. The standard InChI is InChI=1S/C31H43NO4/c1-20-23(17-25(33)18-28(20)34)13-12-22-9-8-16-31(3)26(14-15-27(22)31)21(2)29(35)19-30(36)32(4)24-10-6-5-7-11-24/h5-7,10-13,21,25-29,33-35H,1,8-9,14-19H2,2-4H3/t21-,25-,26+,27-,28+,29?,31+/m0/s1. The Labute approximate surface area is 216 Å². The molecule has 0 saturated heterocycles. The number of aliphatic hydroxyl groups excluding tert-OH is 3. The van der Waals surface area contributed by atoms with Crippen LogP contribution in [0.3, 0.4) is 0 Å². The highest BCUT2D eigenvalue weighted by Crippen LogP contribution is 2.60. The Hall–Kier alpha value is -2.21. The summed E-state index contributed by atoms with van der Waals surface area (Å²) in [4.78, 5) is 14.5. The second-order valence-corrected chi connectivity index (χ2v) is 11.6. The first-order valence-electron chi connectivity index (χ1n) is 13.6. The van der Waals surface area contributed by atoms with Crippen LogP contribution in [-0.4, -0.2) is 46.6 Å². The second kappa shape index (κ2) is 11.0. The van der Waals surface area contributed by atoms with Crippen molar-refractivity contribution in [2.24, 2.45) is 23.2 Å². The molecule has 196 valence electrons. The summed E-state index contributed by atoms with van der Waals surface area (Å²) in [5.41, 5.74) is 4.04. The zero-order chi connectivity index (χ0) is 26.0. The van der Waals surface area contributed by atoms with Crippen LogP contribution in [0.25, 0.3) is 0 Å². The quantitative estimate of drug-likeness (QED) is 0.510. The molecule has 4 rings (SSSR count). The van der Waals surface area contributed by atoms with Gasteiger partial charge in [0, 0.05) is 19.2 Å². The number of nitrogens with zero attached hydrogens (tertiary/aromatic N) is 1. The van der Waals surface area contributed by atoms with Gasteiger partial charge in [-0.2, -0.15) is 0 Å². The van der Waals surface area contributed by atoms with Crippen molar-refractivity contribution < 1.29 is 20.1 Å². The molecule has 1 amide bonds. The SMILES string of the molecule is C=C1C(=CC=C2CCC[C@]3(C)[C@@H]([C@H](C)C(O)CC(=O)N(C)c4ccccc4)CC[C@@H]23)C[C@H](O)C[C@H]1O. The molecule has 3 aliphatic carbocycles. The number of fused-ring (bicyclic) bond motifs is 1. The van der Waals surface area contributed by atoms with Crippen LogP contribution in [-0.2, 0) is 4.79 Å². The van der Waals surface area contributed by atoms with E-state index >= 15 is 0 Å². The van der Waals surface area contributed by atoms with Gasteiger partial charge in [0.05, 0.1) is 24.7 Å². The van der Waals surface area contributed by atoms with E-state index in [1.54, 1.807) is 11.9 Å². The smallest absolute Gasteiger partial charge is 0.229 e. The van der Waals surface area contributed by atoms with E-state index < -0.39 is 18.3 Å². The molecule has 1 unspecified atom stereocenters. The van der Waals surface area contributed by atoms with E-state index in [1.165, 1.54) is 5.57 Å². The minimum atomic E-state index is -0.672. The van der Waals surface area contributed by atoms with Gasteiger partial charge in [0.2, 0.25) is 5.91 Å². The highest BCUT2D eigenvalue weighted by molar-refractivity contribution is 5.93. The van der Waals surface area contributed by atoms with Crippen molar-refractivity contribution in [3.05, 3.63) is 65.8 Å². The van der Waals surface area contributed by atoms with E-state index in [0.717, 1.165) is 48.9 Å². The summed E-state index contributed by atoms with van der Waals surface area (Å²) < 4.78 is 0. The van der Waals surface area contributed by atoms with Crippen molar-refractivity contribution in [1.82, 2.24) is 0 Å². The maximum atomic E-state index is 12.9. The maximum absolute atomic E-state index is 12.9. The minimum absolute atomic E-state index is 0.0363. The maximum Gasteiger partial charge on any atom is 0.229 e. The Kier molecular flexibility index (Phi) is 8.23. The number of para-hydroxylation sites is 1. The van der Waals surface area contributed by atoms with Crippen molar-refractivity contribution in [3.8, 4) is 0 Å². The van der Waals surface area contributed by atoms with Gasteiger partial charge in [0.15, 0.2) is 0 Å². The van der Waals surface area contributed by atoms with Crippen LogP contribution in [0.1, 0.15) is 65.2 Å². The van der Waals surface area contributed by atoms with Crippen LogP contribution in [0.2, 0.25) is 0 Å². The summed E-state index contributed by atoms with van der Waals surface area (Å²) in [6.45, 7) is 8.54. The molecule has 3 N–H and O–H groups in total. The Morgan fingerprint density at radius 3 is 2.67 bits per heavy atom. The molecular weight excluding hydrogens is 450 g/mol. The average Bonchev–Trinajstić information content (AvgIpc) is 3.22. The molecule has 7 atom stereocenters. The molecule has 0 spiro atoms. The molecule has 5 nitrogen and oxygen atoms in total. The fraction of sp³-hybridized carbons (Fsp3) is 0.581. The highest BCUT2D eigenvalue weighted by atomic mass is 16.3. The number of amides is 1.